The third-order valence-corrected chi connectivity index (χ3v) is 9.34. The van der Waals surface area contributed by atoms with Gasteiger partial charge in [-0.05, 0) is 33.2 Å². The highest BCUT2D eigenvalue weighted by Gasteiger charge is 2.37. The standard InChI is InChI=1S/C27H58N2O4S.HI/c1-6-7-8-9-10-11-12-13-14-15-16-17-18-19-22-33-25-26(24-32-5)23-29(4)34(30,31)27(2,3)20-21-28;/h26H,6-25,28H2,1-5H3;1H. The molecule has 0 heterocycles. The zero-order valence-electron chi connectivity index (χ0n) is 23.7. The van der Waals surface area contributed by atoms with Crippen molar-refractivity contribution in [2.75, 3.05) is 47.1 Å². The van der Waals surface area contributed by atoms with Crippen molar-refractivity contribution in [2.24, 2.45) is 11.7 Å². The number of rotatable bonds is 25. The van der Waals surface area contributed by atoms with Crippen LogP contribution in [-0.2, 0) is 19.5 Å². The Labute approximate surface area is 235 Å². The van der Waals surface area contributed by atoms with Crippen LogP contribution in [0.15, 0.2) is 0 Å². The molecule has 0 bridgehead atoms. The van der Waals surface area contributed by atoms with Gasteiger partial charge in [-0.25, -0.2) is 12.7 Å². The number of hydrogen-bond donors (Lipinski definition) is 1. The fraction of sp³-hybridized carbons (Fsp3) is 1.00. The predicted molar refractivity (Wildman–Crippen MR) is 161 cm³/mol. The lowest BCUT2D eigenvalue weighted by atomic mass is 10.0. The molecule has 1 atom stereocenters. The summed E-state index contributed by atoms with van der Waals surface area (Å²) >= 11 is 0. The first-order valence-electron chi connectivity index (χ1n) is 14.0. The molecular weight excluding hydrogens is 575 g/mol. The van der Waals surface area contributed by atoms with E-state index in [1.807, 2.05) is 0 Å². The topological polar surface area (TPSA) is 81.9 Å². The molecule has 0 radical (unpaired) electrons. The van der Waals surface area contributed by atoms with Gasteiger partial charge in [0, 0.05) is 33.2 Å². The molecule has 0 aromatic heterocycles. The van der Waals surface area contributed by atoms with E-state index in [4.69, 9.17) is 15.2 Å². The average molecular weight is 635 g/mol. The van der Waals surface area contributed by atoms with Crippen molar-refractivity contribution in [3.05, 3.63) is 0 Å². The van der Waals surface area contributed by atoms with E-state index in [1.165, 1.54) is 87.8 Å². The van der Waals surface area contributed by atoms with E-state index in [-0.39, 0.29) is 29.9 Å². The minimum Gasteiger partial charge on any atom is -0.384 e. The Morgan fingerprint density at radius 2 is 1.29 bits per heavy atom. The SMILES string of the molecule is CCCCCCCCCCCCCCCCOCC(COC)CN(C)S(=O)(=O)C(C)(C)CCN.I. The van der Waals surface area contributed by atoms with Crippen LogP contribution >= 0.6 is 24.0 Å². The smallest absolute Gasteiger partial charge is 0.219 e. The van der Waals surface area contributed by atoms with Gasteiger partial charge in [0.25, 0.3) is 0 Å². The molecule has 0 spiro atoms. The van der Waals surface area contributed by atoms with Gasteiger partial charge in [0.05, 0.1) is 18.0 Å². The Balaban J connectivity index is 0. The summed E-state index contributed by atoms with van der Waals surface area (Å²) in [7, 11) is -0.144. The van der Waals surface area contributed by atoms with Crippen LogP contribution in [0.2, 0.25) is 0 Å². The molecule has 1 unspecified atom stereocenters. The molecule has 0 aromatic carbocycles. The molecule has 0 aliphatic heterocycles. The molecule has 0 aromatic rings. The Hall–Kier alpha value is 0.520. The predicted octanol–water partition coefficient (Wildman–Crippen LogP) is 6.75. The molecule has 214 valence electrons. The van der Waals surface area contributed by atoms with Crippen LogP contribution in [0.25, 0.3) is 0 Å². The van der Waals surface area contributed by atoms with Crippen molar-refractivity contribution in [1.29, 1.82) is 0 Å². The van der Waals surface area contributed by atoms with E-state index in [9.17, 15) is 8.42 Å². The maximum absolute atomic E-state index is 12.9. The normalized spacial score (nSPS) is 13.2. The van der Waals surface area contributed by atoms with Crippen LogP contribution in [0.3, 0.4) is 0 Å². The number of sulfonamides is 1. The monoisotopic (exact) mass is 634 g/mol. The Kier molecular flexibility index (Phi) is 25.4. The van der Waals surface area contributed by atoms with E-state index in [2.05, 4.69) is 6.92 Å². The highest BCUT2D eigenvalue weighted by atomic mass is 127. The molecule has 0 amide bonds. The molecule has 2 N–H and O–H groups in total. The molecular formula is C27H59IN2O4S. The summed E-state index contributed by atoms with van der Waals surface area (Å²) in [6.45, 7) is 8.22. The summed E-state index contributed by atoms with van der Waals surface area (Å²) in [5.41, 5.74) is 5.61. The molecule has 0 fully saturated rings. The molecule has 0 aliphatic rings. The van der Waals surface area contributed by atoms with Crippen molar-refractivity contribution in [3.8, 4) is 0 Å². The zero-order valence-corrected chi connectivity index (χ0v) is 26.8. The second-order valence-electron chi connectivity index (χ2n) is 10.6. The van der Waals surface area contributed by atoms with Crippen LogP contribution in [-0.4, -0.2) is 64.5 Å². The van der Waals surface area contributed by atoms with E-state index in [0.717, 1.165) is 13.0 Å². The van der Waals surface area contributed by atoms with Gasteiger partial charge < -0.3 is 15.2 Å². The fourth-order valence-corrected chi connectivity index (χ4v) is 6.02. The lowest BCUT2D eigenvalue weighted by Crippen LogP contribution is -2.46. The largest absolute Gasteiger partial charge is 0.384 e. The minimum atomic E-state index is -3.43. The Morgan fingerprint density at radius 3 is 1.71 bits per heavy atom. The van der Waals surface area contributed by atoms with Gasteiger partial charge in [0.2, 0.25) is 10.0 Å². The molecule has 6 nitrogen and oxygen atoms in total. The maximum Gasteiger partial charge on any atom is 0.219 e. The number of nitrogens with zero attached hydrogens (tertiary/aromatic N) is 1. The van der Waals surface area contributed by atoms with Gasteiger partial charge in [-0.1, -0.05) is 90.4 Å². The quantitative estimate of drug-likeness (QED) is 0.0888. The van der Waals surface area contributed by atoms with Crippen LogP contribution in [0.1, 0.15) is 117 Å². The number of methoxy groups -OCH3 is 1. The molecule has 0 saturated heterocycles. The van der Waals surface area contributed by atoms with Crippen molar-refractivity contribution < 1.29 is 17.9 Å². The molecule has 0 saturated carbocycles. The van der Waals surface area contributed by atoms with Crippen molar-refractivity contribution in [3.63, 3.8) is 0 Å². The first-order chi connectivity index (χ1) is 16.2. The highest BCUT2D eigenvalue weighted by molar-refractivity contribution is 14.0. The van der Waals surface area contributed by atoms with E-state index >= 15 is 0 Å². The Bertz CT molecular complexity index is 561. The molecule has 0 rings (SSSR count). The van der Waals surface area contributed by atoms with Gasteiger partial charge in [-0.2, -0.15) is 0 Å². The lowest BCUT2D eigenvalue weighted by molar-refractivity contribution is 0.0499. The van der Waals surface area contributed by atoms with E-state index < -0.39 is 14.8 Å². The van der Waals surface area contributed by atoms with Crippen molar-refractivity contribution in [1.82, 2.24) is 4.31 Å². The van der Waals surface area contributed by atoms with Gasteiger partial charge in [-0.15, -0.1) is 24.0 Å². The lowest BCUT2D eigenvalue weighted by Gasteiger charge is -2.32. The third-order valence-electron chi connectivity index (χ3n) is 6.77. The number of hydrogen-bond acceptors (Lipinski definition) is 5. The third kappa shape index (κ3) is 18.4. The van der Waals surface area contributed by atoms with Crippen molar-refractivity contribution in [2.45, 2.75) is 122 Å². The van der Waals surface area contributed by atoms with Gasteiger partial charge >= 0.3 is 0 Å². The number of nitrogens with two attached hydrogens (primary N) is 1. The van der Waals surface area contributed by atoms with Crippen molar-refractivity contribution >= 4 is 34.0 Å². The summed E-state index contributed by atoms with van der Waals surface area (Å²) in [5.74, 6) is 0.0186. The molecule has 35 heavy (non-hydrogen) atoms. The summed E-state index contributed by atoms with van der Waals surface area (Å²) in [5, 5.41) is 0. The first-order valence-corrected chi connectivity index (χ1v) is 15.4. The highest BCUT2D eigenvalue weighted by Crippen LogP contribution is 2.24. The van der Waals surface area contributed by atoms with Crippen LogP contribution in [0.4, 0.5) is 0 Å². The van der Waals surface area contributed by atoms with Gasteiger partial charge in [-0.3, -0.25) is 0 Å². The second kappa shape index (κ2) is 23.6. The van der Waals surface area contributed by atoms with Crippen LogP contribution in [0, 0.1) is 5.92 Å². The average Bonchev–Trinajstić information content (AvgIpc) is 2.78. The number of ether oxygens (including phenoxy) is 2. The van der Waals surface area contributed by atoms with Gasteiger partial charge in [0.1, 0.15) is 0 Å². The summed E-state index contributed by atoms with van der Waals surface area (Å²) in [6.07, 6.45) is 19.2. The second-order valence-corrected chi connectivity index (χ2v) is 13.3. The summed E-state index contributed by atoms with van der Waals surface area (Å²) < 4.78 is 37.6. The van der Waals surface area contributed by atoms with Crippen LogP contribution in [0.5, 0.6) is 0 Å². The minimum absolute atomic E-state index is 0. The zero-order chi connectivity index (χ0) is 25.7. The van der Waals surface area contributed by atoms with E-state index in [1.54, 1.807) is 28.0 Å². The summed E-state index contributed by atoms with van der Waals surface area (Å²) in [6, 6.07) is 0. The number of halogens is 1. The Morgan fingerprint density at radius 1 is 0.829 bits per heavy atom. The first kappa shape index (κ1) is 37.7. The molecule has 8 heteroatoms. The summed E-state index contributed by atoms with van der Waals surface area (Å²) in [4.78, 5) is 0. The van der Waals surface area contributed by atoms with Gasteiger partial charge in [0.15, 0.2) is 0 Å². The maximum atomic E-state index is 12.9. The number of unbranched alkanes of at least 4 members (excludes halogenated alkanes) is 13. The van der Waals surface area contributed by atoms with Crippen LogP contribution < -0.4 is 5.73 Å². The fourth-order valence-electron chi connectivity index (χ4n) is 4.40. The molecule has 0 aliphatic carbocycles. The van der Waals surface area contributed by atoms with E-state index in [0.29, 0.717) is 32.7 Å².